The molecule has 0 spiro atoms. The highest BCUT2D eigenvalue weighted by Gasteiger charge is 2.21. The second-order valence-electron chi connectivity index (χ2n) is 11.9. The molecule has 0 aliphatic heterocycles. The van der Waals surface area contributed by atoms with Crippen molar-refractivity contribution in [3.63, 3.8) is 0 Å². The second-order valence-corrected chi connectivity index (χ2v) is 11.9. The molecule has 39 heavy (non-hydrogen) atoms. The first kappa shape index (κ1) is 32.9. The molecule has 1 atom stereocenters. The van der Waals surface area contributed by atoms with E-state index >= 15 is 0 Å². The third-order valence-electron chi connectivity index (χ3n) is 7.61. The molecule has 0 bridgehead atoms. The van der Waals surface area contributed by atoms with Gasteiger partial charge in [0.05, 0.1) is 26.6 Å². The fraction of sp³-hybridized carbons (Fsp3) is 0.629. The monoisotopic (exact) mass is 538 g/mol. The van der Waals surface area contributed by atoms with Crippen LogP contribution in [0.2, 0.25) is 0 Å². The van der Waals surface area contributed by atoms with Crippen LogP contribution in [0.1, 0.15) is 102 Å². The molecule has 2 rings (SSSR count). The van der Waals surface area contributed by atoms with Crippen molar-refractivity contribution in [2.24, 2.45) is 5.92 Å². The maximum atomic E-state index is 12.4. The molecule has 0 aliphatic carbocycles. The first-order valence-electron chi connectivity index (χ1n) is 15.6. The fourth-order valence-corrected chi connectivity index (χ4v) is 5.01. The average Bonchev–Trinajstić information content (AvgIpc) is 2.93. The number of carbonyl (C=O) groups is 1. The molecule has 0 heterocycles. The zero-order chi connectivity index (χ0) is 28.2. The van der Waals surface area contributed by atoms with E-state index in [1.54, 1.807) is 0 Å². The van der Waals surface area contributed by atoms with E-state index < -0.39 is 0 Å². The van der Waals surface area contributed by atoms with E-state index in [0.717, 1.165) is 36.2 Å². The second kappa shape index (κ2) is 19.7. The number of carbonyl (C=O) groups excluding carboxylic acids is 1. The SMILES string of the molecule is CCCCCCCCCCCCCc1ccc(OCCOC(=O)C(C)CC[N+](C)(C)Cc2ccccc2)cc1. The summed E-state index contributed by atoms with van der Waals surface area (Å²) in [6.45, 7) is 6.78. The van der Waals surface area contributed by atoms with E-state index in [4.69, 9.17) is 9.47 Å². The Morgan fingerprint density at radius 1 is 0.744 bits per heavy atom. The number of nitrogens with zero attached hydrogens (tertiary/aromatic N) is 1. The molecule has 0 radical (unpaired) electrons. The van der Waals surface area contributed by atoms with Crippen LogP contribution >= 0.6 is 0 Å². The molecule has 0 aliphatic rings. The van der Waals surface area contributed by atoms with E-state index in [9.17, 15) is 4.79 Å². The lowest BCUT2D eigenvalue weighted by atomic mass is 10.0. The highest BCUT2D eigenvalue weighted by molar-refractivity contribution is 5.71. The largest absolute Gasteiger partial charge is 0.490 e. The van der Waals surface area contributed by atoms with Crippen LogP contribution in [-0.4, -0.2) is 44.3 Å². The van der Waals surface area contributed by atoms with E-state index in [0.29, 0.717) is 6.61 Å². The van der Waals surface area contributed by atoms with Gasteiger partial charge in [0.25, 0.3) is 0 Å². The molecule has 2 aromatic carbocycles. The lowest BCUT2D eigenvalue weighted by Gasteiger charge is -2.30. The molecular formula is C35H56NO3+. The summed E-state index contributed by atoms with van der Waals surface area (Å²) >= 11 is 0. The van der Waals surface area contributed by atoms with Crippen LogP contribution in [0, 0.1) is 5.92 Å². The maximum Gasteiger partial charge on any atom is 0.308 e. The van der Waals surface area contributed by atoms with Gasteiger partial charge in [-0.2, -0.15) is 0 Å². The number of ether oxygens (including phenoxy) is 2. The highest BCUT2D eigenvalue weighted by Crippen LogP contribution is 2.17. The van der Waals surface area contributed by atoms with Crippen molar-refractivity contribution in [2.75, 3.05) is 33.9 Å². The van der Waals surface area contributed by atoms with Gasteiger partial charge in [0.1, 0.15) is 25.5 Å². The maximum absolute atomic E-state index is 12.4. The Bertz CT molecular complexity index is 879. The number of unbranched alkanes of at least 4 members (excludes halogenated alkanes) is 10. The third kappa shape index (κ3) is 15.8. The number of esters is 1. The summed E-state index contributed by atoms with van der Waals surface area (Å²) < 4.78 is 12.1. The zero-order valence-electron chi connectivity index (χ0n) is 25.5. The predicted octanol–water partition coefficient (Wildman–Crippen LogP) is 8.76. The van der Waals surface area contributed by atoms with Crippen LogP contribution < -0.4 is 4.74 Å². The Kier molecular flexibility index (Phi) is 16.6. The molecule has 0 amide bonds. The molecule has 1 unspecified atom stereocenters. The van der Waals surface area contributed by atoms with E-state index in [2.05, 4.69) is 57.4 Å². The first-order valence-corrected chi connectivity index (χ1v) is 15.6. The van der Waals surface area contributed by atoms with Crippen LogP contribution in [0.15, 0.2) is 54.6 Å². The molecule has 4 heteroatoms. The summed E-state index contributed by atoms with van der Waals surface area (Å²) in [5.41, 5.74) is 2.68. The lowest BCUT2D eigenvalue weighted by molar-refractivity contribution is -0.904. The molecule has 0 saturated heterocycles. The number of aryl methyl sites for hydroxylation is 1. The number of rotatable bonds is 22. The van der Waals surface area contributed by atoms with Gasteiger partial charge < -0.3 is 14.0 Å². The van der Waals surface area contributed by atoms with Gasteiger partial charge in [-0.3, -0.25) is 4.79 Å². The van der Waals surface area contributed by atoms with Crippen molar-refractivity contribution in [2.45, 2.75) is 104 Å². The molecule has 2 aromatic rings. The smallest absolute Gasteiger partial charge is 0.308 e. The van der Waals surface area contributed by atoms with Gasteiger partial charge in [-0.15, -0.1) is 0 Å². The van der Waals surface area contributed by atoms with Gasteiger partial charge in [0.2, 0.25) is 0 Å². The number of quaternary nitrogens is 1. The van der Waals surface area contributed by atoms with Crippen molar-refractivity contribution in [1.29, 1.82) is 0 Å². The summed E-state index contributed by atoms with van der Waals surface area (Å²) in [6.07, 6.45) is 17.1. The van der Waals surface area contributed by atoms with Crippen LogP contribution in [0.25, 0.3) is 0 Å². The molecule has 0 N–H and O–H groups in total. The Hall–Kier alpha value is -2.33. The van der Waals surface area contributed by atoms with Gasteiger partial charge in [-0.25, -0.2) is 0 Å². The van der Waals surface area contributed by atoms with Crippen LogP contribution in [0.3, 0.4) is 0 Å². The quantitative estimate of drug-likeness (QED) is 0.0854. The standard InChI is InChI=1S/C35H56NO3/c1-5-6-7-8-9-10-11-12-13-14-16-19-32-22-24-34(25-23-32)38-28-29-39-35(37)31(2)26-27-36(3,4)30-33-20-17-15-18-21-33/h15,17-18,20-25,31H,5-14,16,19,26-30H2,1-4H3/q+1. The predicted molar refractivity (Wildman–Crippen MR) is 164 cm³/mol. The first-order chi connectivity index (χ1) is 18.9. The van der Waals surface area contributed by atoms with Crippen molar-refractivity contribution in [3.05, 3.63) is 65.7 Å². The third-order valence-corrected chi connectivity index (χ3v) is 7.61. The molecule has 218 valence electrons. The molecule has 0 aromatic heterocycles. The number of benzene rings is 2. The van der Waals surface area contributed by atoms with Crippen molar-refractivity contribution in [1.82, 2.24) is 0 Å². The Morgan fingerprint density at radius 3 is 1.95 bits per heavy atom. The Labute approximate surface area is 239 Å². The number of hydrogen-bond acceptors (Lipinski definition) is 3. The summed E-state index contributed by atoms with van der Waals surface area (Å²) in [5, 5.41) is 0. The van der Waals surface area contributed by atoms with E-state index in [-0.39, 0.29) is 18.5 Å². The topological polar surface area (TPSA) is 35.5 Å². The van der Waals surface area contributed by atoms with E-state index in [1.807, 2.05) is 25.1 Å². The van der Waals surface area contributed by atoms with Crippen LogP contribution in [-0.2, 0) is 22.5 Å². The van der Waals surface area contributed by atoms with Gasteiger partial charge in [0.15, 0.2) is 0 Å². The lowest BCUT2D eigenvalue weighted by Crippen LogP contribution is -2.40. The normalized spacial score (nSPS) is 12.3. The van der Waals surface area contributed by atoms with Crippen molar-refractivity contribution >= 4 is 5.97 Å². The summed E-state index contributed by atoms with van der Waals surface area (Å²) in [7, 11) is 4.42. The van der Waals surface area contributed by atoms with Gasteiger partial charge >= 0.3 is 5.97 Å². The Balaban J connectivity index is 1.50. The highest BCUT2D eigenvalue weighted by atomic mass is 16.6. The van der Waals surface area contributed by atoms with Gasteiger partial charge in [-0.1, -0.05) is 121 Å². The van der Waals surface area contributed by atoms with Crippen molar-refractivity contribution < 1.29 is 18.8 Å². The summed E-state index contributed by atoms with van der Waals surface area (Å²) in [6, 6.07) is 18.9. The average molecular weight is 539 g/mol. The Morgan fingerprint density at radius 2 is 1.33 bits per heavy atom. The summed E-state index contributed by atoms with van der Waals surface area (Å²) in [5.74, 6) is 0.579. The summed E-state index contributed by atoms with van der Waals surface area (Å²) in [4.78, 5) is 12.4. The van der Waals surface area contributed by atoms with Gasteiger partial charge in [-0.05, 0) is 30.5 Å². The zero-order valence-corrected chi connectivity index (χ0v) is 25.5. The molecule has 0 fully saturated rings. The van der Waals surface area contributed by atoms with Crippen LogP contribution in [0.5, 0.6) is 5.75 Å². The minimum absolute atomic E-state index is 0.118. The van der Waals surface area contributed by atoms with E-state index in [1.165, 1.54) is 81.8 Å². The van der Waals surface area contributed by atoms with Crippen LogP contribution in [0.4, 0.5) is 0 Å². The molecule has 4 nitrogen and oxygen atoms in total. The molecular weight excluding hydrogens is 482 g/mol. The fourth-order valence-electron chi connectivity index (χ4n) is 5.01. The minimum atomic E-state index is -0.138. The number of hydrogen-bond donors (Lipinski definition) is 0. The molecule has 0 saturated carbocycles. The van der Waals surface area contributed by atoms with Gasteiger partial charge in [0, 0.05) is 12.0 Å². The minimum Gasteiger partial charge on any atom is -0.490 e. The van der Waals surface area contributed by atoms with Crippen molar-refractivity contribution in [3.8, 4) is 5.75 Å².